The van der Waals surface area contributed by atoms with Crippen LogP contribution in [0, 0.1) is 0 Å². The van der Waals surface area contributed by atoms with E-state index in [9.17, 15) is 0 Å². The number of nitrogens with zero attached hydrogens (tertiary/aromatic N) is 3. The third-order valence-corrected chi connectivity index (χ3v) is 6.79. The van der Waals surface area contributed by atoms with Crippen LogP contribution in [0.3, 0.4) is 0 Å². The van der Waals surface area contributed by atoms with Gasteiger partial charge in [-0.05, 0) is 49.9 Å². The van der Waals surface area contributed by atoms with Crippen LogP contribution in [0.2, 0.25) is 0 Å². The number of fused-ring (bicyclic) bond motifs is 1. The molecule has 0 spiro atoms. The van der Waals surface area contributed by atoms with Crippen LogP contribution in [-0.2, 0) is 6.54 Å². The number of piperazine rings is 1. The van der Waals surface area contributed by atoms with Gasteiger partial charge in [0.15, 0.2) is 11.5 Å². The monoisotopic (exact) mass is 357 g/mol. The lowest BCUT2D eigenvalue weighted by Crippen LogP contribution is -2.56. The molecule has 26 heavy (non-hydrogen) atoms. The highest BCUT2D eigenvalue weighted by molar-refractivity contribution is 5.44. The van der Waals surface area contributed by atoms with Crippen molar-refractivity contribution in [2.24, 2.45) is 0 Å². The Bertz CT molecular complexity index is 626. The number of hydrogen-bond donors (Lipinski definition) is 0. The topological polar surface area (TPSA) is 28.2 Å². The molecule has 1 atom stereocenters. The highest BCUT2D eigenvalue weighted by Gasteiger charge is 2.32. The molecule has 0 bridgehead atoms. The summed E-state index contributed by atoms with van der Waals surface area (Å²) in [6, 6.07) is 8.07. The van der Waals surface area contributed by atoms with Crippen LogP contribution in [0.25, 0.3) is 0 Å². The van der Waals surface area contributed by atoms with Gasteiger partial charge in [-0.3, -0.25) is 14.7 Å². The number of benzene rings is 1. The number of likely N-dealkylation sites (tertiary alicyclic amines) is 1. The van der Waals surface area contributed by atoms with Gasteiger partial charge < -0.3 is 9.47 Å². The molecular weight excluding hydrogens is 326 g/mol. The number of piperidine rings is 1. The second-order valence-corrected chi connectivity index (χ2v) is 8.38. The van der Waals surface area contributed by atoms with Crippen molar-refractivity contribution in [3.8, 4) is 11.5 Å². The van der Waals surface area contributed by atoms with Gasteiger partial charge in [-0.2, -0.15) is 0 Å². The zero-order chi connectivity index (χ0) is 17.3. The van der Waals surface area contributed by atoms with Crippen molar-refractivity contribution in [3.05, 3.63) is 23.8 Å². The highest BCUT2D eigenvalue weighted by atomic mass is 16.7. The van der Waals surface area contributed by atoms with Crippen molar-refractivity contribution in [2.75, 3.05) is 46.1 Å². The van der Waals surface area contributed by atoms with Crippen LogP contribution >= 0.6 is 0 Å². The first-order valence-electron chi connectivity index (χ1n) is 10.4. The first kappa shape index (κ1) is 16.8. The Morgan fingerprint density at radius 3 is 2.42 bits per heavy atom. The summed E-state index contributed by atoms with van der Waals surface area (Å²) >= 11 is 0. The van der Waals surface area contributed by atoms with Crippen molar-refractivity contribution < 1.29 is 9.47 Å². The Hall–Kier alpha value is -1.30. The van der Waals surface area contributed by atoms with Crippen LogP contribution in [0.15, 0.2) is 18.2 Å². The van der Waals surface area contributed by atoms with Crippen molar-refractivity contribution in [1.82, 2.24) is 14.7 Å². The first-order chi connectivity index (χ1) is 12.8. The zero-order valence-electron chi connectivity index (χ0n) is 15.7. The third-order valence-electron chi connectivity index (χ3n) is 6.79. The van der Waals surface area contributed by atoms with Gasteiger partial charge in [-0.15, -0.1) is 0 Å². The van der Waals surface area contributed by atoms with E-state index >= 15 is 0 Å². The molecule has 0 aromatic heterocycles. The summed E-state index contributed by atoms with van der Waals surface area (Å²) in [7, 11) is 0. The summed E-state index contributed by atoms with van der Waals surface area (Å²) in [6.45, 7) is 8.81. The smallest absolute Gasteiger partial charge is 0.231 e. The summed E-state index contributed by atoms with van der Waals surface area (Å²) in [5.74, 6) is 1.78. The van der Waals surface area contributed by atoms with Crippen molar-refractivity contribution in [3.63, 3.8) is 0 Å². The van der Waals surface area contributed by atoms with Crippen LogP contribution in [0.5, 0.6) is 11.5 Å². The van der Waals surface area contributed by atoms with Crippen LogP contribution < -0.4 is 9.47 Å². The Kier molecular flexibility index (Phi) is 4.78. The molecule has 142 valence electrons. The van der Waals surface area contributed by atoms with Gasteiger partial charge in [-0.1, -0.05) is 12.5 Å². The SMILES string of the molecule is c1cc2c(cc1CN1CCN([C@@H]3CCCN(C4CCC4)C3)CC1)OCO2. The summed E-state index contributed by atoms with van der Waals surface area (Å²) in [5, 5.41) is 0. The molecule has 3 aliphatic heterocycles. The van der Waals surface area contributed by atoms with Gasteiger partial charge in [0.1, 0.15) is 0 Å². The molecule has 5 heteroatoms. The van der Waals surface area contributed by atoms with E-state index in [2.05, 4.69) is 26.8 Å². The van der Waals surface area contributed by atoms with E-state index in [1.165, 1.54) is 76.9 Å². The van der Waals surface area contributed by atoms with Gasteiger partial charge in [-0.25, -0.2) is 0 Å². The molecule has 5 rings (SSSR count). The Morgan fingerprint density at radius 1 is 0.808 bits per heavy atom. The minimum Gasteiger partial charge on any atom is -0.454 e. The van der Waals surface area contributed by atoms with E-state index < -0.39 is 0 Å². The maximum Gasteiger partial charge on any atom is 0.231 e. The number of hydrogen-bond acceptors (Lipinski definition) is 5. The molecule has 0 amide bonds. The Morgan fingerprint density at radius 2 is 1.62 bits per heavy atom. The van der Waals surface area contributed by atoms with Gasteiger partial charge in [0.2, 0.25) is 6.79 Å². The first-order valence-corrected chi connectivity index (χ1v) is 10.4. The highest BCUT2D eigenvalue weighted by Crippen LogP contribution is 2.33. The number of rotatable bonds is 4. The lowest BCUT2D eigenvalue weighted by molar-refractivity contribution is 0.0205. The summed E-state index contributed by atoms with van der Waals surface area (Å²) in [4.78, 5) is 8.14. The molecule has 1 aliphatic carbocycles. The predicted molar refractivity (Wildman–Crippen MR) is 102 cm³/mol. The predicted octanol–water partition coefficient (Wildman–Crippen LogP) is 2.55. The van der Waals surface area contributed by atoms with Crippen LogP contribution in [0.1, 0.15) is 37.7 Å². The van der Waals surface area contributed by atoms with E-state index in [0.29, 0.717) is 6.79 Å². The van der Waals surface area contributed by atoms with E-state index in [4.69, 9.17) is 9.47 Å². The second-order valence-electron chi connectivity index (χ2n) is 8.38. The van der Waals surface area contributed by atoms with E-state index in [-0.39, 0.29) is 0 Å². The molecule has 1 aromatic rings. The van der Waals surface area contributed by atoms with Crippen molar-refractivity contribution in [2.45, 2.75) is 50.7 Å². The molecule has 5 nitrogen and oxygen atoms in total. The van der Waals surface area contributed by atoms with E-state index in [1.54, 1.807) is 0 Å². The molecule has 0 radical (unpaired) electrons. The molecule has 0 unspecified atom stereocenters. The van der Waals surface area contributed by atoms with Gasteiger partial charge in [0.25, 0.3) is 0 Å². The maximum absolute atomic E-state index is 5.51. The molecule has 0 N–H and O–H groups in total. The quantitative estimate of drug-likeness (QED) is 0.826. The average Bonchev–Trinajstić information content (AvgIpc) is 3.09. The summed E-state index contributed by atoms with van der Waals surface area (Å²) in [6.07, 6.45) is 7.11. The minimum atomic E-state index is 0.358. The minimum absolute atomic E-state index is 0.358. The summed E-state index contributed by atoms with van der Waals surface area (Å²) in [5.41, 5.74) is 1.33. The molecule has 3 fully saturated rings. The maximum atomic E-state index is 5.51. The standard InChI is InChI=1S/C21H31N3O2/c1-3-18(4-1)24-8-2-5-19(15-24)23-11-9-22(10-12-23)14-17-6-7-20-21(13-17)26-16-25-20/h6-7,13,18-19H,1-5,8-12,14-16H2/t19-/m1/s1. The molecule has 1 aromatic carbocycles. The molecule has 4 aliphatic rings. The van der Waals surface area contributed by atoms with Gasteiger partial charge >= 0.3 is 0 Å². The zero-order valence-corrected chi connectivity index (χ0v) is 15.7. The molecule has 2 saturated heterocycles. The Labute approximate surface area is 156 Å². The fourth-order valence-corrected chi connectivity index (χ4v) is 4.95. The van der Waals surface area contributed by atoms with E-state index in [0.717, 1.165) is 30.1 Å². The molecular formula is C21H31N3O2. The lowest BCUT2D eigenvalue weighted by Gasteiger charge is -2.47. The third kappa shape index (κ3) is 3.45. The molecule has 3 heterocycles. The van der Waals surface area contributed by atoms with Crippen LogP contribution in [0.4, 0.5) is 0 Å². The van der Waals surface area contributed by atoms with Crippen molar-refractivity contribution >= 4 is 0 Å². The van der Waals surface area contributed by atoms with Gasteiger partial charge in [0.05, 0.1) is 0 Å². The number of ether oxygens (including phenoxy) is 2. The molecule has 1 saturated carbocycles. The second kappa shape index (κ2) is 7.37. The average molecular weight is 357 g/mol. The Balaban J connectivity index is 1.12. The van der Waals surface area contributed by atoms with E-state index in [1.807, 2.05) is 6.07 Å². The van der Waals surface area contributed by atoms with Crippen LogP contribution in [-0.4, -0.2) is 72.8 Å². The summed E-state index contributed by atoms with van der Waals surface area (Å²) < 4.78 is 10.9. The van der Waals surface area contributed by atoms with Gasteiger partial charge in [0, 0.05) is 51.4 Å². The fraction of sp³-hybridized carbons (Fsp3) is 0.714. The van der Waals surface area contributed by atoms with Crippen molar-refractivity contribution in [1.29, 1.82) is 0 Å². The fourth-order valence-electron chi connectivity index (χ4n) is 4.95. The largest absolute Gasteiger partial charge is 0.454 e. The normalized spacial score (nSPS) is 28.2. The lowest BCUT2D eigenvalue weighted by atomic mass is 9.89.